The Kier molecular flexibility index (Phi) is 2.20. The highest BCUT2D eigenvalue weighted by Gasteiger charge is 2.50. The van der Waals surface area contributed by atoms with E-state index < -0.39 is 0 Å². The summed E-state index contributed by atoms with van der Waals surface area (Å²) in [5.41, 5.74) is 0. The second kappa shape index (κ2) is 3.20. The average molecular weight is 166 g/mol. The Morgan fingerprint density at radius 1 is 1.42 bits per heavy atom. The molecule has 12 heavy (non-hydrogen) atoms. The Bertz CT molecular complexity index is 185. The number of unbranched alkanes of at least 4 members (excludes halogenated alkanes) is 1. The molecule has 0 radical (unpaired) electrons. The van der Waals surface area contributed by atoms with E-state index in [1.165, 1.54) is 38.5 Å². The molecule has 3 atom stereocenters. The Balaban J connectivity index is 1.87. The Morgan fingerprint density at radius 2 is 2.25 bits per heavy atom. The van der Waals surface area contributed by atoms with Gasteiger partial charge in [-0.1, -0.05) is 26.2 Å². The first-order valence-corrected chi connectivity index (χ1v) is 5.38. The summed E-state index contributed by atoms with van der Waals surface area (Å²) >= 11 is 0. The van der Waals surface area contributed by atoms with E-state index >= 15 is 0 Å². The lowest BCUT2D eigenvalue weighted by atomic mass is 9.64. The molecule has 0 heterocycles. The van der Waals surface area contributed by atoms with E-state index in [2.05, 4.69) is 6.92 Å². The molecule has 2 aliphatic rings. The van der Waals surface area contributed by atoms with Crippen molar-refractivity contribution in [1.29, 1.82) is 0 Å². The van der Waals surface area contributed by atoms with Crippen molar-refractivity contribution in [3.63, 3.8) is 0 Å². The van der Waals surface area contributed by atoms with Crippen LogP contribution >= 0.6 is 0 Å². The van der Waals surface area contributed by atoms with Gasteiger partial charge in [0, 0.05) is 11.8 Å². The molecule has 1 nitrogen and oxygen atoms in total. The molecule has 2 aliphatic carbocycles. The van der Waals surface area contributed by atoms with Gasteiger partial charge < -0.3 is 0 Å². The van der Waals surface area contributed by atoms with Crippen LogP contribution in [0, 0.1) is 17.8 Å². The molecule has 0 spiro atoms. The molecular weight excluding hydrogens is 148 g/mol. The van der Waals surface area contributed by atoms with Gasteiger partial charge in [0.2, 0.25) is 0 Å². The highest BCUT2D eigenvalue weighted by Crippen LogP contribution is 2.50. The molecule has 0 aliphatic heterocycles. The van der Waals surface area contributed by atoms with Crippen molar-refractivity contribution >= 4 is 5.78 Å². The standard InChI is InChI=1S/C11H18O/c1-2-3-5-9-8-6-4-7-10(8)11(9)12/h8-10H,2-7H2,1H3/t8-,9+,10-/m1/s1. The highest BCUT2D eigenvalue weighted by molar-refractivity contribution is 5.90. The molecule has 2 rings (SSSR count). The van der Waals surface area contributed by atoms with Crippen LogP contribution in [0.3, 0.4) is 0 Å². The van der Waals surface area contributed by atoms with Crippen molar-refractivity contribution in [2.24, 2.45) is 17.8 Å². The summed E-state index contributed by atoms with van der Waals surface area (Å²) in [7, 11) is 0. The molecule has 0 aromatic heterocycles. The monoisotopic (exact) mass is 166 g/mol. The van der Waals surface area contributed by atoms with Gasteiger partial charge in [-0.25, -0.2) is 0 Å². The van der Waals surface area contributed by atoms with Crippen LogP contribution in [0.1, 0.15) is 45.4 Å². The SMILES string of the molecule is CCCC[C@@H]1C(=O)[C@@H]2CCC[C@H]12. The third-order valence-electron chi connectivity index (χ3n) is 3.69. The minimum absolute atomic E-state index is 0.484. The van der Waals surface area contributed by atoms with E-state index in [1.54, 1.807) is 0 Å². The molecule has 2 fully saturated rings. The smallest absolute Gasteiger partial charge is 0.139 e. The fourth-order valence-corrected chi connectivity index (χ4v) is 2.97. The number of hydrogen-bond acceptors (Lipinski definition) is 1. The van der Waals surface area contributed by atoms with Crippen molar-refractivity contribution in [2.45, 2.75) is 45.4 Å². The second-order valence-electron chi connectivity index (χ2n) is 4.35. The zero-order valence-electron chi connectivity index (χ0n) is 7.88. The summed E-state index contributed by atoms with van der Waals surface area (Å²) in [5, 5.41) is 0. The Morgan fingerprint density at radius 3 is 3.00 bits per heavy atom. The van der Waals surface area contributed by atoms with Crippen molar-refractivity contribution in [2.75, 3.05) is 0 Å². The van der Waals surface area contributed by atoms with Gasteiger partial charge in [0.1, 0.15) is 5.78 Å². The van der Waals surface area contributed by atoms with Gasteiger partial charge in [-0.15, -0.1) is 0 Å². The lowest BCUT2D eigenvalue weighted by molar-refractivity contribution is -0.141. The predicted molar refractivity (Wildman–Crippen MR) is 48.9 cm³/mol. The summed E-state index contributed by atoms with van der Waals surface area (Å²) in [6.07, 6.45) is 7.51. The minimum Gasteiger partial charge on any atom is -0.299 e. The molecule has 0 bridgehead atoms. The predicted octanol–water partition coefficient (Wildman–Crippen LogP) is 2.79. The van der Waals surface area contributed by atoms with Gasteiger partial charge >= 0.3 is 0 Å². The van der Waals surface area contributed by atoms with Gasteiger partial charge in [0.25, 0.3) is 0 Å². The van der Waals surface area contributed by atoms with Crippen molar-refractivity contribution in [3.8, 4) is 0 Å². The summed E-state index contributed by atoms with van der Waals surface area (Å²) in [4.78, 5) is 11.5. The second-order valence-corrected chi connectivity index (χ2v) is 4.35. The molecular formula is C11H18O. The number of carbonyl (C=O) groups excluding carboxylic acids is 1. The van der Waals surface area contributed by atoms with Crippen LogP contribution in [0.5, 0.6) is 0 Å². The number of rotatable bonds is 3. The van der Waals surface area contributed by atoms with E-state index in [4.69, 9.17) is 0 Å². The van der Waals surface area contributed by atoms with E-state index in [0.717, 1.165) is 5.92 Å². The van der Waals surface area contributed by atoms with E-state index in [0.29, 0.717) is 17.6 Å². The van der Waals surface area contributed by atoms with Crippen LogP contribution in [-0.2, 0) is 4.79 Å². The van der Waals surface area contributed by atoms with Gasteiger partial charge in [-0.05, 0) is 25.2 Å². The molecule has 0 aromatic carbocycles. The number of fused-ring (bicyclic) bond motifs is 1. The topological polar surface area (TPSA) is 17.1 Å². The maximum Gasteiger partial charge on any atom is 0.139 e. The first-order chi connectivity index (χ1) is 5.84. The van der Waals surface area contributed by atoms with E-state index in [1.807, 2.05) is 0 Å². The number of ketones is 1. The summed E-state index contributed by atoms with van der Waals surface area (Å²) in [6, 6.07) is 0. The molecule has 1 heteroatoms. The Hall–Kier alpha value is -0.330. The fraction of sp³-hybridized carbons (Fsp3) is 0.909. The van der Waals surface area contributed by atoms with Crippen molar-refractivity contribution in [1.82, 2.24) is 0 Å². The maximum absolute atomic E-state index is 11.5. The van der Waals surface area contributed by atoms with E-state index in [-0.39, 0.29) is 0 Å². The van der Waals surface area contributed by atoms with Crippen LogP contribution in [0.4, 0.5) is 0 Å². The minimum atomic E-state index is 0.484. The number of carbonyl (C=O) groups is 1. The van der Waals surface area contributed by atoms with Crippen molar-refractivity contribution in [3.05, 3.63) is 0 Å². The molecule has 0 aromatic rings. The van der Waals surface area contributed by atoms with Crippen LogP contribution in [0.15, 0.2) is 0 Å². The normalized spacial score (nSPS) is 39.4. The van der Waals surface area contributed by atoms with Crippen LogP contribution in [-0.4, -0.2) is 5.78 Å². The first-order valence-electron chi connectivity index (χ1n) is 5.38. The summed E-state index contributed by atoms with van der Waals surface area (Å²) in [5.74, 6) is 2.40. The summed E-state index contributed by atoms with van der Waals surface area (Å²) < 4.78 is 0. The first kappa shape index (κ1) is 8.28. The van der Waals surface area contributed by atoms with Crippen molar-refractivity contribution < 1.29 is 4.79 Å². The molecule has 0 N–H and O–H groups in total. The zero-order chi connectivity index (χ0) is 8.55. The van der Waals surface area contributed by atoms with Gasteiger partial charge in [0.15, 0.2) is 0 Å². The van der Waals surface area contributed by atoms with Crippen LogP contribution in [0.25, 0.3) is 0 Å². The van der Waals surface area contributed by atoms with Crippen LogP contribution in [0.2, 0.25) is 0 Å². The third-order valence-corrected chi connectivity index (χ3v) is 3.69. The maximum atomic E-state index is 11.5. The van der Waals surface area contributed by atoms with Gasteiger partial charge in [-0.3, -0.25) is 4.79 Å². The summed E-state index contributed by atoms with van der Waals surface area (Å²) in [6.45, 7) is 2.20. The molecule has 2 saturated carbocycles. The molecule has 0 unspecified atom stereocenters. The van der Waals surface area contributed by atoms with Gasteiger partial charge in [-0.2, -0.15) is 0 Å². The molecule has 0 saturated heterocycles. The fourth-order valence-electron chi connectivity index (χ4n) is 2.97. The van der Waals surface area contributed by atoms with E-state index in [9.17, 15) is 4.79 Å². The Labute approximate surface area is 74.5 Å². The third kappa shape index (κ3) is 1.10. The molecule has 0 amide bonds. The lowest BCUT2D eigenvalue weighted by Crippen LogP contribution is -2.44. The number of hydrogen-bond donors (Lipinski definition) is 0. The zero-order valence-corrected chi connectivity index (χ0v) is 7.88. The lowest BCUT2D eigenvalue weighted by Gasteiger charge is -2.38. The average Bonchev–Trinajstić information content (AvgIpc) is 2.49. The molecule has 68 valence electrons. The number of Topliss-reactive ketones (excluding diaryl/α,β-unsaturated/α-hetero) is 1. The highest BCUT2D eigenvalue weighted by atomic mass is 16.1. The van der Waals surface area contributed by atoms with Gasteiger partial charge in [0.05, 0.1) is 0 Å². The quantitative estimate of drug-likeness (QED) is 0.630. The largest absolute Gasteiger partial charge is 0.299 e. The van der Waals surface area contributed by atoms with Crippen LogP contribution < -0.4 is 0 Å².